The SMILES string of the molecule is COc1ccc(CN(C)C[C@@H]2Oc3ccc(NC(=O)Nc4ccc(OC)cc4)cc3C(=O)N([C@@H](C)CO)C[C@H]2C)cc1. The minimum Gasteiger partial charge on any atom is -0.497 e. The number of aliphatic hydroxyl groups excluding tert-OH is 1. The van der Waals surface area contributed by atoms with Crippen LogP contribution in [0, 0.1) is 5.92 Å². The molecule has 0 unspecified atom stereocenters. The second-order valence-corrected chi connectivity index (χ2v) is 10.7. The van der Waals surface area contributed by atoms with Crippen molar-refractivity contribution in [1.82, 2.24) is 9.80 Å². The van der Waals surface area contributed by atoms with Crippen LogP contribution in [0.25, 0.3) is 0 Å². The van der Waals surface area contributed by atoms with Gasteiger partial charge in [-0.2, -0.15) is 0 Å². The highest BCUT2D eigenvalue weighted by Crippen LogP contribution is 2.31. The monoisotopic (exact) mass is 576 g/mol. The number of aliphatic hydroxyl groups is 1. The molecule has 4 rings (SSSR count). The summed E-state index contributed by atoms with van der Waals surface area (Å²) < 4.78 is 16.9. The quantitative estimate of drug-likeness (QED) is 0.321. The van der Waals surface area contributed by atoms with Crippen LogP contribution < -0.4 is 24.8 Å². The van der Waals surface area contributed by atoms with Crippen LogP contribution in [0.3, 0.4) is 0 Å². The largest absolute Gasteiger partial charge is 0.497 e. The first-order valence-electron chi connectivity index (χ1n) is 14.0. The maximum Gasteiger partial charge on any atom is 0.323 e. The molecule has 0 aromatic heterocycles. The number of fused-ring (bicyclic) bond motifs is 1. The maximum atomic E-state index is 13.7. The molecule has 3 aromatic rings. The van der Waals surface area contributed by atoms with Gasteiger partial charge in [0.1, 0.15) is 23.4 Å². The van der Waals surface area contributed by atoms with Crippen molar-refractivity contribution in [2.24, 2.45) is 5.92 Å². The third-order valence-electron chi connectivity index (χ3n) is 7.37. The van der Waals surface area contributed by atoms with E-state index in [2.05, 4.69) is 22.5 Å². The summed E-state index contributed by atoms with van der Waals surface area (Å²) in [6.45, 7) is 5.45. The zero-order valence-corrected chi connectivity index (χ0v) is 24.8. The van der Waals surface area contributed by atoms with Crippen LogP contribution in [0.1, 0.15) is 29.8 Å². The van der Waals surface area contributed by atoms with Crippen molar-refractivity contribution < 1.29 is 28.9 Å². The van der Waals surface area contributed by atoms with Gasteiger partial charge in [-0.15, -0.1) is 0 Å². The summed E-state index contributed by atoms with van der Waals surface area (Å²) in [5.41, 5.74) is 2.51. The fourth-order valence-corrected chi connectivity index (χ4v) is 4.90. The number of amides is 3. The molecule has 1 heterocycles. The molecule has 0 aliphatic carbocycles. The minimum absolute atomic E-state index is 0.0116. The molecule has 1 aliphatic heterocycles. The predicted molar refractivity (Wildman–Crippen MR) is 163 cm³/mol. The van der Waals surface area contributed by atoms with Gasteiger partial charge in [-0.3, -0.25) is 9.69 Å². The highest BCUT2D eigenvalue weighted by molar-refractivity contribution is 6.02. The van der Waals surface area contributed by atoms with Gasteiger partial charge in [0, 0.05) is 36.9 Å². The molecule has 0 spiro atoms. The number of ether oxygens (including phenoxy) is 3. The zero-order chi connectivity index (χ0) is 30.2. The van der Waals surface area contributed by atoms with E-state index in [-0.39, 0.29) is 24.5 Å². The Bertz CT molecular complexity index is 1350. The lowest BCUT2D eigenvalue weighted by molar-refractivity contribution is 0.0341. The molecule has 42 heavy (non-hydrogen) atoms. The summed E-state index contributed by atoms with van der Waals surface area (Å²) in [4.78, 5) is 30.3. The number of hydrogen-bond donors (Lipinski definition) is 3. The zero-order valence-electron chi connectivity index (χ0n) is 24.8. The number of rotatable bonds is 10. The molecule has 10 nitrogen and oxygen atoms in total. The van der Waals surface area contributed by atoms with Crippen molar-refractivity contribution in [3.05, 3.63) is 77.9 Å². The first-order chi connectivity index (χ1) is 20.2. The van der Waals surface area contributed by atoms with Crippen molar-refractivity contribution in [3.8, 4) is 17.2 Å². The Morgan fingerprint density at radius 1 is 1.02 bits per heavy atom. The molecule has 0 radical (unpaired) electrons. The van der Waals surface area contributed by atoms with E-state index in [1.165, 1.54) is 0 Å². The Morgan fingerprint density at radius 2 is 1.62 bits per heavy atom. The van der Waals surface area contributed by atoms with Gasteiger partial charge in [0.25, 0.3) is 5.91 Å². The van der Waals surface area contributed by atoms with E-state index >= 15 is 0 Å². The molecule has 10 heteroatoms. The molecule has 0 bridgehead atoms. The summed E-state index contributed by atoms with van der Waals surface area (Å²) in [5, 5.41) is 15.5. The van der Waals surface area contributed by atoms with Crippen LogP contribution in [-0.2, 0) is 6.54 Å². The van der Waals surface area contributed by atoms with Gasteiger partial charge in [0.2, 0.25) is 0 Å². The lowest BCUT2D eigenvalue weighted by Crippen LogP contribution is -2.49. The number of urea groups is 1. The Hall–Kier alpha value is -4.28. The molecule has 3 amide bonds. The van der Waals surface area contributed by atoms with Crippen molar-refractivity contribution in [3.63, 3.8) is 0 Å². The summed E-state index contributed by atoms with van der Waals surface area (Å²) in [6.07, 6.45) is -0.231. The Balaban J connectivity index is 1.53. The summed E-state index contributed by atoms with van der Waals surface area (Å²) in [6, 6.07) is 19.1. The van der Waals surface area contributed by atoms with Crippen LogP contribution in [0.4, 0.5) is 16.2 Å². The molecule has 0 fully saturated rings. The molecule has 3 atom stereocenters. The number of methoxy groups -OCH3 is 2. The number of hydrogen-bond acceptors (Lipinski definition) is 7. The third-order valence-corrected chi connectivity index (χ3v) is 7.37. The second kappa shape index (κ2) is 14.1. The Kier molecular flexibility index (Phi) is 10.3. The molecule has 0 saturated heterocycles. The average molecular weight is 577 g/mol. The van der Waals surface area contributed by atoms with Crippen molar-refractivity contribution in [1.29, 1.82) is 0 Å². The smallest absolute Gasteiger partial charge is 0.323 e. The minimum atomic E-state index is -0.452. The van der Waals surface area contributed by atoms with E-state index < -0.39 is 12.1 Å². The third kappa shape index (κ3) is 7.71. The molecular weight excluding hydrogens is 536 g/mol. The first-order valence-corrected chi connectivity index (χ1v) is 14.0. The van der Waals surface area contributed by atoms with Gasteiger partial charge in [0.15, 0.2) is 0 Å². The average Bonchev–Trinajstić information content (AvgIpc) is 2.99. The number of nitrogens with one attached hydrogen (secondary N) is 2. The number of benzene rings is 3. The number of carbonyl (C=O) groups excluding carboxylic acids is 2. The topological polar surface area (TPSA) is 113 Å². The second-order valence-electron chi connectivity index (χ2n) is 10.7. The summed E-state index contributed by atoms with van der Waals surface area (Å²) in [5.74, 6) is 1.66. The van der Waals surface area contributed by atoms with Gasteiger partial charge >= 0.3 is 6.03 Å². The lowest BCUT2D eigenvalue weighted by atomic mass is 9.99. The first kappa shape index (κ1) is 30.7. The summed E-state index contributed by atoms with van der Waals surface area (Å²) in [7, 11) is 5.26. The highest BCUT2D eigenvalue weighted by atomic mass is 16.5. The van der Waals surface area contributed by atoms with Crippen LogP contribution in [0.2, 0.25) is 0 Å². The summed E-state index contributed by atoms with van der Waals surface area (Å²) >= 11 is 0. The highest BCUT2D eigenvalue weighted by Gasteiger charge is 2.33. The molecule has 3 N–H and O–H groups in total. The number of anilines is 2. The predicted octanol–water partition coefficient (Wildman–Crippen LogP) is 4.70. The van der Waals surface area contributed by atoms with Crippen LogP contribution in [-0.4, -0.2) is 80.0 Å². The van der Waals surface area contributed by atoms with E-state index in [1.54, 1.807) is 61.6 Å². The van der Waals surface area contributed by atoms with E-state index in [0.29, 0.717) is 48.1 Å². The molecular formula is C32H40N4O6. The number of carbonyl (C=O) groups is 2. The van der Waals surface area contributed by atoms with Crippen LogP contribution in [0.15, 0.2) is 66.7 Å². The molecule has 224 valence electrons. The standard InChI is InChI=1S/C32H40N4O6/c1-21-17-36(22(2)20-37)31(38)28-16-25(34-32(39)33-24-8-13-27(41-5)14-9-24)10-15-29(28)42-30(21)19-35(3)18-23-6-11-26(40-4)12-7-23/h6-16,21-22,30,37H,17-20H2,1-5H3,(H2,33,34,39)/t21-,22+,30+/m1/s1. The Labute approximate surface area is 247 Å². The normalized spacial score (nSPS) is 17.4. The maximum absolute atomic E-state index is 13.7. The van der Waals surface area contributed by atoms with E-state index in [9.17, 15) is 14.7 Å². The fourth-order valence-electron chi connectivity index (χ4n) is 4.90. The number of nitrogens with zero attached hydrogens (tertiary/aromatic N) is 2. The van der Waals surface area contributed by atoms with Gasteiger partial charge in [0.05, 0.1) is 32.4 Å². The fraction of sp³-hybridized carbons (Fsp3) is 0.375. The van der Waals surface area contributed by atoms with Crippen molar-refractivity contribution >= 4 is 23.3 Å². The Morgan fingerprint density at radius 3 is 2.24 bits per heavy atom. The molecule has 3 aromatic carbocycles. The number of likely N-dealkylation sites (N-methyl/N-ethyl adjacent to an activating group) is 1. The van der Waals surface area contributed by atoms with E-state index in [0.717, 1.165) is 11.3 Å². The molecule has 0 saturated carbocycles. The van der Waals surface area contributed by atoms with Gasteiger partial charge in [-0.05, 0) is 74.1 Å². The van der Waals surface area contributed by atoms with E-state index in [1.807, 2.05) is 38.2 Å². The van der Waals surface area contributed by atoms with E-state index in [4.69, 9.17) is 14.2 Å². The van der Waals surface area contributed by atoms with Crippen LogP contribution >= 0.6 is 0 Å². The van der Waals surface area contributed by atoms with Crippen molar-refractivity contribution in [2.75, 3.05) is 51.6 Å². The van der Waals surface area contributed by atoms with Crippen LogP contribution in [0.5, 0.6) is 17.2 Å². The van der Waals surface area contributed by atoms with Gasteiger partial charge in [-0.1, -0.05) is 19.1 Å². The molecule has 1 aliphatic rings. The van der Waals surface area contributed by atoms with Crippen molar-refractivity contribution in [2.45, 2.75) is 32.5 Å². The van der Waals surface area contributed by atoms with Gasteiger partial charge in [-0.25, -0.2) is 4.79 Å². The lowest BCUT2D eigenvalue weighted by Gasteiger charge is -2.38. The van der Waals surface area contributed by atoms with Gasteiger partial charge < -0.3 is 34.9 Å².